The van der Waals surface area contributed by atoms with E-state index >= 15 is 0 Å². The Hall–Kier alpha value is -2.67. The van der Waals surface area contributed by atoms with E-state index in [1.54, 1.807) is 18.2 Å². The van der Waals surface area contributed by atoms with E-state index in [9.17, 15) is 10.1 Å². The lowest BCUT2D eigenvalue weighted by Gasteiger charge is -2.05. The standard InChI is InChI=1S/C17H16N4O2S/c1-20-16(11-13-7-3-2-4-8-13)18-19-17(20)24-12-14-9-5-6-10-15(14)21(22)23/h2-10H,11-12H2,1H3. The number of hydrogen-bond acceptors (Lipinski definition) is 5. The highest BCUT2D eigenvalue weighted by Crippen LogP contribution is 2.27. The van der Waals surface area contributed by atoms with Crippen molar-refractivity contribution in [2.75, 3.05) is 0 Å². The van der Waals surface area contributed by atoms with Crippen molar-refractivity contribution in [3.8, 4) is 0 Å². The van der Waals surface area contributed by atoms with E-state index in [1.165, 1.54) is 23.4 Å². The van der Waals surface area contributed by atoms with Gasteiger partial charge in [-0.2, -0.15) is 0 Å². The monoisotopic (exact) mass is 340 g/mol. The average Bonchev–Trinajstić information content (AvgIpc) is 2.94. The molecule has 0 bridgehead atoms. The van der Waals surface area contributed by atoms with E-state index in [1.807, 2.05) is 29.8 Å². The molecule has 0 N–H and O–H groups in total. The van der Waals surface area contributed by atoms with Crippen LogP contribution in [-0.2, 0) is 19.2 Å². The first-order valence-corrected chi connectivity index (χ1v) is 8.41. The van der Waals surface area contributed by atoms with Crippen molar-refractivity contribution >= 4 is 17.4 Å². The van der Waals surface area contributed by atoms with Gasteiger partial charge in [0.25, 0.3) is 5.69 Å². The van der Waals surface area contributed by atoms with Crippen LogP contribution in [0.4, 0.5) is 5.69 Å². The Morgan fingerprint density at radius 1 is 1.08 bits per heavy atom. The molecule has 0 unspecified atom stereocenters. The first-order chi connectivity index (χ1) is 11.6. The van der Waals surface area contributed by atoms with Gasteiger partial charge in [0, 0.05) is 30.9 Å². The number of para-hydroxylation sites is 1. The summed E-state index contributed by atoms with van der Waals surface area (Å²) in [6.45, 7) is 0. The summed E-state index contributed by atoms with van der Waals surface area (Å²) in [6, 6.07) is 16.8. The summed E-state index contributed by atoms with van der Waals surface area (Å²) in [4.78, 5) is 10.7. The summed E-state index contributed by atoms with van der Waals surface area (Å²) >= 11 is 1.45. The normalized spacial score (nSPS) is 10.7. The van der Waals surface area contributed by atoms with Gasteiger partial charge in [0.2, 0.25) is 0 Å². The van der Waals surface area contributed by atoms with Gasteiger partial charge in [0.1, 0.15) is 5.82 Å². The lowest BCUT2D eigenvalue weighted by atomic mass is 10.1. The maximum atomic E-state index is 11.1. The molecule has 0 saturated carbocycles. The number of hydrogen-bond donors (Lipinski definition) is 0. The summed E-state index contributed by atoms with van der Waals surface area (Å²) in [5, 5.41) is 20.3. The molecule has 0 radical (unpaired) electrons. The Kier molecular flexibility index (Phi) is 4.90. The van der Waals surface area contributed by atoms with Crippen molar-refractivity contribution in [3.63, 3.8) is 0 Å². The molecule has 0 fully saturated rings. The molecule has 3 aromatic rings. The third-order valence-corrected chi connectivity index (χ3v) is 4.74. The molecule has 0 saturated heterocycles. The van der Waals surface area contributed by atoms with Crippen LogP contribution in [0.1, 0.15) is 17.0 Å². The number of aromatic nitrogens is 3. The van der Waals surface area contributed by atoms with E-state index < -0.39 is 0 Å². The van der Waals surface area contributed by atoms with E-state index in [4.69, 9.17) is 0 Å². The number of thioether (sulfide) groups is 1. The van der Waals surface area contributed by atoms with Gasteiger partial charge in [0.15, 0.2) is 5.16 Å². The maximum Gasteiger partial charge on any atom is 0.273 e. The van der Waals surface area contributed by atoms with Gasteiger partial charge in [-0.15, -0.1) is 10.2 Å². The highest BCUT2D eigenvalue weighted by atomic mass is 32.2. The smallest absolute Gasteiger partial charge is 0.273 e. The van der Waals surface area contributed by atoms with Gasteiger partial charge in [-0.1, -0.05) is 60.3 Å². The van der Waals surface area contributed by atoms with Crippen molar-refractivity contribution in [1.82, 2.24) is 14.8 Å². The van der Waals surface area contributed by atoms with Crippen molar-refractivity contribution < 1.29 is 4.92 Å². The van der Waals surface area contributed by atoms with Gasteiger partial charge in [0.05, 0.1) is 4.92 Å². The molecular weight excluding hydrogens is 324 g/mol. The Balaban J connectivity index is 1.72. The van der Waals surface area contributed by atoms with Crippen molar-refractivity contribution in [2.24, 2.45) is 7.05 Å². The van der Waals surface area contributed by atoms with E-state index in [-0.39, 0.29) is 10.6 Å². The maximum absolute atomic E-state index is 11.1. The molecule has 2 aromatic carbocycles. The second-order valence-electron chi connectivity index (χ2n) is 5.29. The average molecular weight is 340 g/mol. The van der Waals surface area contributed by atoms with Crippen molar-refractivity contribution in [1.29, 1.82) is 0 Å². The fourth-order valence-electron chi connectivity index (χ4n) is 2.36. The summed E-state index contributed by atoms with van der Waals surface area (Å²) in [7, 11) is 1.92. The van der Waals surface area contributed by atoms with Gasteiger partial charge in [-0.25, -0.2) is 0 Å². The number of nitrogens with zero attached hydrogens (tertiary/aromatic N) is 4. The Morgan fingerprint density at radius 2 is 1.79 bits per heavy atom. The fraction of sp³-hybridized carbons (Fsp3) is 0.176. The minimum Gasteiger partial charge on any atom is -0.309 e. The van der Waals surface area contributed by atoms with Gasteiger partial charge >= 0.3 is 0 Å². The van der Waals surface area contributed by atoms with Crippen LogP contribution in [-0.4, -0.2) is 19.7 Å². The topological polar surface area (TPSA) is 73.8 Å². The molecule has 3 rings (SSSR count). The predicted octanol–water partition coefficient (Wildman–Crippen LogP) is 3.61. The summed E-state index contributed by atoms with van der Waals surface area (Å²) < 4.78 is 1.94. The Bertz CT molecular complexity index is 849. The molecule has 1 heterocycles. The molecule has 0 atom stereocenters. The molecule has 122 valence electrons. The van der Waals surface area contributed by atoms with Crippen molar-refractivity contribution in [2.45, 2.75) is 17.3 Å². The number of benzene rings is 2. The van der Waals surface area contributed by atoms with Gasteiger partial charge in [-0.05, 0) is 5.56 Å². The molecule has 0 aliphatic heterocycles. The first-order valence-electron chi connectivity index (χ1n) is 7.42. The second-order valence-corrected chi connectivity index (χ2v) is 6.24. The van der Waals surface area contributed by atoms with E-state index in [0.29, 0.717) is 17.7 Å². The van der Waals surface area contributed by atoms with E-state index in [0.717, 1.165) is 11.0 Å². The zero-order valence-corrected chi connectivity index (χ0v) is 13.9. The van der Waals surface area contributed by atoms with Gasteiger partial charge < -0.3 is 4.57 Å². The largest absolute Gasteiger partial charge is 0.309 e. The molecular formula is C17H16N4O2S. The van der Waals surface area contributed by atoms with Crippen LogP contribution in [0, 0.1) is 10.1 Å². The molecule has 0 aliphatic rings. The zero-order chi connectivity index (χ0) is 16.9. The number of nitro benzene ring substituents is 1. The van der Waals surface area contributed by atoms with Crippen LogP contribution in [0.2, 0.25) is 0 Å². The third-order valence-electron chi connectivity index (χ3n) is 3.68. The highest BCUT2D eigenvalue weighted by molar-refractivity contribution is 7.98. The van der Waals surface area contributed by atoms with Crippen LogP contribution in [0.15, 0.2) is 59.8 Å². The molecule has 0 aliphatic carbocycles. The molecule has 1 aromatic heterocycles. The molecule has 6 nitrogen and oxygen atoms in total. The third kappa shape index (κ3) is 3.62. The lowest BCUT2D eigenvalue weighted by molar-refractivity contribution is -0.385. The van der Waals surface area contributed by atoms with Crippen molar-refractivity contribution in [3.05, 3.63) is 81.7 Å². The summed E-state index contributed by atoms with van der Waals surface area (Å²) in [5.74, 6) is 1.35. The summed E-state index contributed by atoms with van der Waals surface area (Å²) in [6.07, 6.45) is 0.705. The fourth-order valence-corrected chi connectivity index (χ4v) is 3.28. The SMILES string of the molecule is Cn1c(Cc2ccccc2)nnc1SCc1ccccc1[N+](=O)[O-]. The van der Waals surface area contributed by atoms with Crippen LogP contribution in [0.5, 0.6) is 0 Å². The minimum atomic E-state index is -0.354. The minimum absolute atomic E-state index is 0.136. The van der Waals surface area contributed by atoms with E-state index in [2.05, 4.69) is 22.3 Å². The summed E-state index contributed by atoms with van der Waals surface area (Å²) in [5.41, 5.74) is 1.99. The molecule has 24 heavy (non-hydrogen) atoms. The first kappa shape index (κ1) is 16.2. The molecule has 0 spiro atoms. The van der Waals surface area contributed by atoms with Crippen LogP contribution in [0.25, 0.3) is 0 Å². The Morgan fingerprint density at radius 3 is 2.54 bits per heavy atom. The Labute approximate surface area is 143 Å². The lowest BCUT2D eigenvalue weighted by Crippen LogP contribution is -2.00. The second kappa shape index (κ2) is 7.27. The molecule has 0 amide bonds. The predicted molar refractivity (Wildman–Crippen MR) is 92.9 cm³/mol. The quantitative estimate of drug-likeness (QED) is 0.389. The van der Waals surface area contributed by atoms with Crippen LogP contribution < -0.4 is 0 Å². The zero-order valence-electron chi connectivity index (χ0n) is 13.1. The van der Waals surface area contributed by atoms with Crippen LogP contribution >= 0.6 is 11.8 Å². The van der Waals surface area contributed by atoms with Crippen LogP contribution in [0.3, 0.4) is 0 Å². The highest BCUT2D eigenvalue weighted by Gasteiger charge is 2.15. The molecule has 7 heteroatoms. The number of nitro groups is 1. The van der Waals surface area contributed by atoms with Gasteiger partial charge in [-0.3, -0.25) is 10.1 Å². The number of rotatable bonds is 6.